The topological polar surface area (TPSA) is 24.4 Å². The molecule has 0 spiro atoms. The summed E-state index contributed by atoms with van der Waals surface area (Å²) in [5.74, 6) is 0. The highest BCUT2D eigenvalue weighted by molar-refractivity contribution is 7.47. The van der Waals surface area contributed by atoms with Crippen molar-refractivity contribution < 1.29 is 0 Å². The van der Waals surface area contributed by atoms with Gasteiger partial charge >= 0.3 is 0 Å². The fourth-order valence-electron chi connectivity index (χ4n) is 0.0645. The van der Waals surface area contributed by atoms with Gasteiger partial charge in [0.15, 0.2) is 0 Å². The van der Waals surface area contributed by atoms with Crippen LogP contribution in [0.4, 0.5) is 0 Å². The normalized spacial score (nSPS) is 6.60. The number of hydrogen-bond acceptors (Lipinski definition) is 2. The van der Waals surface area contributed by atoms with E-state index >= 15 is 0 Å². The van der Waals surface area contributed by atoms with Gasteiger partial charge in [-0.1, -0.05) is 0 Å². The molecule has 1 N–H and O–H groups in total. The van der Waals surface area contributed by atoms with Crippen molar-refractivity contribution in [3.05, 3.63) is 0 Å². The van der Waals surface area contributed by atoms with Crippen LogP contribution in [0.5, 0.6) is 0 Å². The van der Waals surface area contributed by atoms with Crippen LogP contribution in [-0.4, -0.2) is 6.54 Å². The van der Waals surface area contributed by atoms with Crippen molar-refractivity contribution in [3.63, 3.8) is 0 Å². The minimum atomic E-state index is 0.823. The van der Waals surface area contributed by atoms with Crippen LogP contribution in [0, 0.1) is 0 Å². The third-order valence-electron chi connectivity index (χ3n) is 0.223. The first-order chi connectivity index (χ1) is 2.41. The molecule has 0 aromatic carbocycles. The number of nitrogens with one attached hydrogen (secondary N) is 1. The largest absolute Gasteiger partial charge is 0.299 e. The van der Waals surface area contributed by atoms with Gasteiger partial charge in [0.2, 0.25) is 0 Å². The van der Waals surface area contributed by atoms with Crippen LogP contribution in [0.25, 0.3) is 0 Å². The molecule has 0 bridgehead atoms. The Morgan fingerprint density at radius 3 is 2.60 bits per heavy atom. The molecule has 0 aliphatic heterocycles. The van der Waals surface area contributed by atoms with Gasteiger partial charge in [-0.25, -0.2) is 0 Å². The highest BCUT2D eigenvalue weighted by atomic mass is 32.1. The number of hydrogen-bond donors (Lipinski definition) is 1. The number of rotatable bonds is 2. The molecule has 3 heteroatoms. The molecule has 0 amide bonds. The molecule has 2 nitrogen and oxygen atoms in total. The predicted molar refractivity (Wildman–Crippen MR) is 23.5 cm³/mol. The maximum atomic E-state index is 4.17. The summed E-state index contributed by atoms with van der Waals surface area (Å²) in [5, 5.41) is 0. The van der Waals surface area contributed by atoms with E-state index in [0.717, 1.165) is 6.54 Å². The quantitative estimate of drug-likeness (QED) is 0.491. The summed E-state index contributed by atoms with van der Waals surface area (Å²) in [6.07, 6.45) is 0. The lowest BCUT2D eigenvalue weighted by Crippen LogP contribution is -1.99. The first kappa shape index (κ1) is 4.82. The monoisotopic (exact) mass is 90.0 g/mol. The van der Waals surface area contributed by atoms with Crippen molar-refractivity contribution in [2.24, 2.45) is 4.47 Å². The zero-order chi connectivity index (χ0) is 4.12. The van der Waals surface area contributed by atoms with Gasteiger partial charge in [-0.05, 0) is 6.92 Å². The molecular formula is C2H6N2S. The second-order valence-corrected chi connectivity index (χ2v) is 0.786. The molecule has 0 aliphatic carbocycles. The van der Waals surface area contributed by atoms with Crippen LogP contribution in [0.2, 0.25) is 0 Å². The maximum absolute atomic E-state index is 4.17. The van der Waals surface area contributed by atoms with Crippen LogP contribution in [0.1, 0.15) is 6.92 Å². The molecule has 0 saturated heterocycles. The Labute approximate surface area is 36.7 Å². The fraction of sp³-hybridized carbons (Fsp3) is 1.00. The van der Waals surface area contributed by atoms with E-state index in [4.69, 9.17) is 0 Å². The highest BCUT2D eigenvalue weighted by Gasteiger charge is 1.56. The Bertz CT molecular complexity index is 28.8. The highest BCUT2D eigenvalue weighted by Crippen LogP contribution is 1.46. The average molecular weight is 90.2 g/mol. The fourth-order valence-corrected chi connectivity index (χ4v) is 0.194. The van der Waals surface area contributed by atoms with Gasteiger partial charge in [0, 0.05) is 6.54 Å². The summed E-state index contributed by atoms with van der Waals surface area (Å²) in [4.78, 5) is 0. The first-order valence-corrected chi connectivity index (χ1v) is 1.83. The molecule has 0 saturated carbocycles. The zero-order valence-corrected chi connectivity index (χ0v) is 3.88. The van der Waals surface area contributed by atoms with Crippen molar-refractivity contribution in [3.8, 4) is 0 Å². The van der Waals surface area contributed by atoms with Crippen molar-refractivity contribution in [2.45, 2.75) is 6.92 Å². The summed E-state index contributed by atoms with van der Waals surface area (Å²) in [6, 6.07) is 0. The summed E-state index contributed by atoms with van der Waals surface area (Å²) in [5.41, 5.74) is 2.55. The summed E-state index contributed by atoms with van der Waals surface area (Å²) in [7, 11) is 0. The Kier molecular flexibility index (Phi) is 3.68. The lowest BCUT2D eigenvalue weighted by Gasteiger charge is -1.80. The Balaban J connectivity index is 2.40. The SMILES string of the molecule is CCNN=S. The molecule has 0 aromatic rings. The van der Waals surface area contributed by atoms with Gasteiger partial charge in [-0.15, -0.1) is 4.47 Å². The van der Waals surface area contributed by atoms with Crippen molar-refractivity contribution in [1.29, 1.82) is 0 Å². The lowest BCUT2D eigenvalue weighted by molar-refractivity contribution is 0.799. The molecule has 0 unspecified atom stereocenters. The predicted octanol–water partition coefficient (Wildman–Crippen LogP) is 0.241. The lowest BCUT2D eigenvalue weighted by atomic mass is 10.8. The van der Waals surface area contributed by atoms with Gasteiger partial charge in [0.1, 0.15) is 0 Å². The van der Waals surface area contributed by atoms with E-state index in [1.165, 1.54) is 0 Å². The average Bonchev–Trinajstić information content (AvgIpc) is 1.41. The molecule has 30 valence electrons. The molecule has 0 radical (unpaired) electrons. The van der Waals surface area contributed by atoms with Gasteiger partial charge in [-0.2, -0.15) is 0 Å². The molecule has 0 rings (SSSR count). The third-order valence-corrected chi connectivity index (χ3v) is 0.352. The minimum absolute atomic E-state index is 0.823. The molecular weight excluding hydrogens is 84.1 g/mol. The van der Waals surface area contributed by atoms with Crippen LogP contribution in [0.15, 0.2) is 4.47 Å². The van der Waals surface area contributed by atoms with Crippen LogP contribution in [0.3, 0.4) is 0 Å². The van der Waals surface area contributed by atoms with Gasteiger partial charge in [0.05, 0.1) is 12.4 Å². The third kappa shape index (κ3) is 3.82. The van der Waals surface area contributed by atoms with Crippen LogP contribution in [-0.2, 0) is 12.4 Å². The summed E-state index contributed by atoms with van der Waals surface area (Å²) in [6.45, 7) is 2.76. The molecule has 0 fully saturated rings. The second-order valence-electron chi connectivity index (χ2n) is 0.603. The Morgan fingerprint density at radius 1 is 2.00 bits per heavy atom. The molecule has 5 heavy (non-hydrogen) atoms. The van der Waals surface area contributed by atoms with Gasteiger partial charge in [0.25, 0.3) is 0 Å². The molecule has 0 aromatic heterocycles. The van der Waals surface area contributed by atoms with Crippen molar-refractivity contribution in [1.82, 2.24) is 5.43 Å². The molecule has 0 atom stereocenters. The van der Waals surface area contributed by atoms with Gasteiger partial charge in [-0.3, -0.25) is 5.43 Å². The van der Waals surface area contributed by atoms with E-state index in [-0.39, 0.29) is 0 Å². The van der Waals surface area contributed by atoms with Gasteiger partial charge < -0.3 is 0 Å². The smallest absolute Gasteiger partial charge is 0.0625 e. The minimum Gasteiger partial charge on any atom is -0.299 e. The summed E-state index contributed by atoms with van der Waals surface area (Å²) >= 11 is 4.17. The van der Waals surface area contributed by atoms with E-state index < -0.39 is 0 Å². The Morgan fingerprint density at radius 2 is 2.60 bits per heavy atom. The van der Waals surface area contributed by atoms with E-state index in [1.807, 2.05) is 6.92 Å². The van der Waals surface area contributed by atoms with E-state index in [2.05, 4.69) is 22.3 Å². The molecule has 0 heterocycles. The molecule has 0 aliphatic rings. The standard InChI is InChI=1S/C2H6N2S/c1-2-3-4-5/h2H2,1H3,(H,3,5). The Hall–Kier alpha value is -0.180. The first-order valence-electron chi connectivity index (χ1n) is 1.47. The summed E-state index contributed by atoms with van der Waals surface area (Å²) < 4.78 is 3.19. The number of nitrogens with zero attached hydrogens (tertiary/aromatic N) is 1. The maximum Gasteiger partial charge on any atom is 0.0625 e. The second kappa shape index (κ2) is 3.82. The van der Waals surface area contributed by atoms with Crippen LogP contribution < -0.4 is 5.43 Å². The van der Waals surface area contributed by atoms with Crippen molar-refractivity contribution in [2.75, 3.05) is 6.54 Å². The van der Waals surface area contributed by atoms with Crippen LogP contribution >= 0.6 is 0 Å². The van der Waals surface area contributed by atoms with Crippen molar-refractivity contribution >= 4 is 12.4 Å². The van der Waals surface area contributed by atoms with E-state index in [1.54, 1.807) is 0 Å². The van der Waals surface area contributed by atoms with E-state index in [0.29, 0.717) is 0 Å². The zero-order valence-electron chi connectivity index (χ0n) is 3.06. The van der Waals surface area contributed by atoms with E-state index in [9.17, 15) is 0 Å².